The lowest BCUT2D eigenvalue weighted by atomic mass is 9.98. The minimum absolute atomic E-state index is 0.0325. The van der Waals surface area contributed by atoms with Crippen molar-refractivity contribution in [1.29, 1.82) is 0 Å². The van der Waals surface area contributed by atoms with E-state index in [2.05, 4.69) is 10.3 Å². The van der Waals surface area contributed by atoms with Crippen molar-refractivity contribution in [3.8, 4) is 0 Å². The standard InChI is InChI=1S/C25H25ClF3N3O4/c1-5-36-24(35)21-18(15-8-7-14(26)10-17(15)30-21)22(23(34)31-25(2,3)4)32(12-33)11-13-6-9-16(27)20(29)19(13)28/h6-10,12,22,30H,5,11H2,1-4H3,(H,31,34). The van der Waals surface area contributed by atoms with E-state index in [1.165, 1.54) is 12.1 Å². The van der Waals surface area contributed by atoms with Crippen LogP contribution in [0.3, 0.4) is 0 Å². The lowest BCUT2D eigenvalue weighted by Gasteiger charge is -2.31. The Kier molecular flexibility index (Phi) is 7.98. The Bertz CT molecular complexity index is 1320. The van der Waals surface area contributed by atoms with Gasteiger partial charge in [-0.15, -0.1) is 0 Å². The van der Waals surface area contributed by atoms with Crippen LogP contribution >= 0.6 is 11.6 Å². The quantitative estimate of drug-likeness (QED) is 0.246. The number of halogens is 4. The van der Waals surface area contributed by atoms with Crippen LogP contribution in [0.25, 0.3) is 10.9 Å². The van der Waals surface area contributed by atoms with E-state index in [1.54, 1.807) is 33.8 Å². The Hall–Kier alpha value is -3.53. The van der Waals surface area contributed by atoms with Gasteiger partial charge in [0, 0.05) is 39.1 Å². The number of rotatable bonds is 8. The smallest absolute Gasteiger partial charge is 0.355 e. The van der Waals surface area contributed by atoms with E-state index >= 15 is 0 Å². The SMILES string of the molecule is CCOC(=O)c1[nH]c2cc(Cl)ccc2c1C(C(=O)NC(C)(C)C)N(C=O)Cc1ccc(F)c(F)c1F. The van der Waals surface area contributed by atoms with Crippen LogP contribution in [-0.2, 0) is 20.9 Å². The second-order valence-corrected chi connectivity index (χ2v) is 9.51. The molecule has 1 unspecified atom stereocenters. The Labute approximate surface area is 210 Å². The normalized spacial score (nSPS) is 12.3. The first-order valence-corrected chi connectivity index (χ1v) is 11.4. The van der Waals surface area contributed by atoms with Crippen molar-refractivity contribution in [2.75, 3.05) is 6.61 Å². The fraction of sp³-hybridized carbons (Fsp3) is 0.320. The molecule has 2 N–H and O–H groups in total. The second-order valence-electron chi connectivity index (χ2n) is 9.08. The van der Waals surface area contributed by atoms with Gasteiger partial charge in [-0.25, -0.2) is 18.0 Å². The summed E-state index contributed by atoms with van der Waals surface area (Å²) in [5.74, 6) is -6.08. The number of nitrogens with zero attached hydrogens (tertiary/aromatic N) is 1. The first-order valence-electron chi connectivity index (χ1n) is 11.0. The highest BCUT2D eigenvalue weighted by atomic mass is 35.5. The number of amides is 2. The van der Waals surface area contributed by atoms with E-state index in [-0.39, 0.29) is 29.8 Å². The van der Waals surface area contributed by atoms with Crippen LogP contribution in [0.5, 0.6) is 0 Å². The molecule has 0 saturated carbocycles. The van der Waals surface area contributed by atoms with Crippen molar-refractivity contribution in [3.05, 3.63) is 69.6 Å². The van der Waals surface area contributed by atoms with E-state index in [0.717, 1.165) is 17.0 Å². The zero-order valence-corrected chi connectivity index (χ0v) is 20.8. The summed E-state index contributed by atoms with van der Waals surface area (Å²) in [5, 5.41) is 3.49. The van der Waals surface area contributed by atoms with Crippen molar-refractivity contribution in [3.63, 3.8) is 0 Å². The van der Waals surface area contributed by atoms with Gasteiger partial charge in [0.25, 0.3) is 0 Å². The third kappa shape index (κ3) is 5.64. The van der Waals surface area contributed by atoms with E-state index in [9.17, 15) is 27.6 Å². The molecule has 1 atom stereocenters. The number of hydrogen-bond acceptors (Lipinski definition) is 4. The highest BCUT2D eigenvalue weighted by molar-refractivity contribution is 6.31. The summed E-state index contributed by atoms with van der Waals surface area (Å²) in [5.41, 5.74) is -0.761. The van der Waals surface area contributed by atoms with Crippen LogP contribution in [-0.4, -0.2) is 40.3 Å². The molecule has 2 amide bonds. The Morgan fingerprint density at radius 2 is 1.86 bits per heavy atom. The summed E-state index contributed by atoms with van der Waals surface area (Å²) in [7, 11) is 0. The first kappa shape index (κ1) is 27.1. The molecule has 1 heterocycles. The summed E-state index contributed by atoms with van der Waals surface area (Å²) in [4.78, 5) is 42.5. The molecule has 0 aliphatic heterocycles. The zero-order chi connectivity index (χ0) is 26.8. The van der Waals surface area contributed by atoms with Crippen LogP contribution in [0, 0.1) is 17.5 Å². The Balaban J connectivity index is 2.25. The van der Waals surface area contributed by atoms with Crippen LogP contribution in [0.4, 0.5) is 13.2 Å². The number of fused-ring (bicyclic) bond motifs is 1. The third-order valence-corrected chi connectivity index (χ3v) is 5.47. The van der Waals surface area contributed by atoms with E-state index in [1.807, 2.05) is 0 Å². The van der Waals surface area contributed by atoms with Gasteiger partial charge in [-0.05, 0) is 45.9 Å². The molecule has 192 valence electrons. The summed E-state index contributed by atoms with van der Waals surface area (Å²) in [6, 6.07) is 4.84. The van der Waals surface area contributed by atoms with Crippen molar-refractivity contribution >= 4 is 40.8 Å². The van der Waals surface area contributed by atoms with Gasteiger partial charge in [0.1, 0.15) is 11.7 Å². The second kappa shape index (κ2) is 10.6. The molecule has 0 saturated heterocycles. The average molecular weight is 524 g/mol. The van der Waals surface area contributed by atoms with Crippen molar-refractivity contribution < 1.29 is 32.3 Å². The maximum Gasteiger partial charge on any atom is 0.355 e. The molecule has 0 aliphatic rings. The molecule has 7 nitrogen and oxygen atoms in total. The molecule has 36 heavy (non-hydrogen) atoms. The number of aromatic nitrogens is 1. The third-order valence-electron chi connectivity index (χ3n) is 5.24. The number of hydrogen-bond donors (Lipinski definition) is 2. The molecular formula is C25H25ClF3N3O4. The highest BCUT2D eigenvalue weighted by Crippen LogP contribution is 2.35. The highest BCUT2D eigenvalue weighted by Gasteiger charge is 2.36. The van der Waals surface area contributed by atoms with Crippen molar-refractivity contribution in [2.24, 2.45) is 0 Å². The molecule has 2 aromatic carbocycles. The van der Waals surface area contributed by atoms with Gasteiger partial charge >= 0.3 is 5.97 Å². The van der Waals surface area contributed by atoms with Gasteiger partial charge in [0.2, 0.25) is 12.3 Å². The van der Waals surface area contributed by atoms with E-state index in [4.69, 9.17) is 16.3 Å². The number of esters is 1. The Morgan fingerprint density at radius 3 is 2.47 bits per heavy atom. The monoisotopic (exact) mass is 523 g/mol. The van der Waals surface area contributed by atoms with Crippen LogP contribution in [0.1, 0.15) is 55.4 Å². The molecule has 11 heteroatoms. The van der Waals surface area contributed by atoms with Gasteiger partial charge in [-0.3, -0.25) is 9.59 Å². The van der Waals surface area contributed by atoms with Crippen molar-refractivity contribution in [2.45, 2.75) is 45.8 Å². The zero-order valence-electron chi connectivity index (χ0n) is 20.0. The predicted molar refractivity (Wildman–Crippen MR) is 128 cm³/mol. The lowest BCUT2D eigenvalue weighted by Crippen LogP contribution is -2.47. The minimum Gasteiger partial charge on any atom is -0.461 e. The molecule has 0 fully saturated rings. The first-order chi connectivity index (χ1) is 16.9. The topological polar surface area (TPSA) is 91.5 Å². The van der Waals surface area contributed by atoms with Gasteiger partial charge < -0.3 is 19.9 Å². The predicted octanol–water partition coefficient (Wildman–Crippen LogP) is 5.03. The molecule has 0 aliphatic carbocycles. The molecule has 3 aromatic rings. The number of aromatic amines is 1. The number of H-pyrrole nitrogens is 1. The molecule has 0 bridgehead atoms. The summed E-state index contributed by atoms with van der Waals surface area (Å²) >= 11 is 6.10. The fourth-order valence-electron chi connectivity index (χ4n) is 3.80. The van der Waals surface area contributed by atoms with Crippen LogP contribution < -0.4 is 5.32 Å². The molecule has 0 spiro atoms. The van der Waals surface area contributed by atoms with Crippen LogP contribution in [0.15, 0.2) is 30.3 Å². The number of benzene rings is 2. The molecular weight excluding hydrogens is 499 g/mol. The minimum atomic E-state index is -1.71. The van der Waals surface area contributed by atoms with Crippen molar-refractivity contribution in [1.82, 2.24) is 15.2 Å². The summed E-state index contributed by atoms with van der Waals surface area (Å²) in [6.45, 7) is 6.17. The number of carbonyl (C=O) groups excluding carboxylic acids is 3. The molecule has 3 rings (SSSR count). The van der Waals surface area contributed by atoms with Gasteiger partial charge in [-0.2, -0.15) is 0 Å². The van der Waals surface area contributed by atoms with Gasteiger partial charge in [0.15, 0.2) is 17.5 Å². The molecule has 0 radical (unpaired) electrons. The average Bonchev–Trinajstić information content (AvgIpc) is 3.15. The lowest BCUT2D eigenvalue weighted by molar-refractivity contribution is -0.134. The number of nitrogens with one attached hydrogen (secondary N) is 2. The summed E-state index contributed by atoms with van der Waals surface area (Å²) in [6.07, 6.45) is 0.275. The number of ether oxygens (including phenoxy) is 1. The fourth-order valence-corrected chi connectivity index (χ4v) is 3.97. The summed E-state index contributed by atoms with van der Waals surface area (Å²) < 4.78 is 47.0. The van der Waals surface area contributed by atoms with Crippen LogP contribution in [0.2, 0.25) is 5.02 Å². The van der Waals surface area contributed by atoms with Gasteiger partial charge in [0.05, 0.1) is 6.61 Å². The maximum absolute atomic E-state index is 14.5. The van der Waals surface area contributed by atoms with Gasteiger partial charge in [-0.1, -0.05) is 23.7 Å². The Morgan fingerprint density at radius 1 is 1.17 bits per heavy atom. The van der Waals surface area contributed by atoms with E-state index < -0.39 is 47.5 Å². The maximum atomic E-state index is 14.5. The largest absolute Gasteiger partial charge is 0.461 e. The van der Waals surface area contributed by atoms with E-state index in [0.29, 0.717) is 15.9 Å². The molecule has 1 aromatic heterocycles. The number of carbonyl (C=O) groups is 3.